The number of aryl methyl sites for hydroxylation is 1. The highest BCUT2D eigenvalue weighted by molar-refractivity contribution is 5.99. The third kappa shape index (κ3) is 3.33. The first-order valence-electron chi connectivity index (χ1n) is 9.38. The lowest BCUT2D eigenvalue weighted by atomic mass is 10.1. The van der Waals surface area contributed by atoms with Gasteiger partial charge in [-0.1, -0.05) is 0 Å². The fourth-order valence-electron chi connectivity index (χ4n) is 3.90. The zero-order valence-corrected chi connectivity index (χ0v) is 16.9. The summed E-state index contributed by atoms with van der Waals surface area (Å²) in [5.41, 5.74) is 3.53. The van der Waals surface area contributed by atoms with Gasteiger partial charge in [-0.3, -0.25) is 4.79 Å². The molecule has 0 aliphatic heterocycles. The molecular weight excluding hydrogens is 372 g/mol. The smallest absolute Gasteiger partial charge is 0.268 e. The fourth-order valence-corrected chi connectivity index (χ4v) is 3.90. The van der Waals surface area contributed by atoms with Gasteiger partial charge in [-0.25, -0.2) is 0 Å². The Morgan fingerprint density at radius 2 is 1.52 bits per heavy atom. The van der Waals surface area contributed by atoms with Crippen LogP contribution in [0.3, 0.4) is 0 Å². The van der Waals surface area contributed by atoms with Gasteiger partial charge in [0.15, 0.2) is 23.0 Å². The molecule has 1 aliphatic rings. The van der Waals surface area contributed by atoms with Crippen LogP contribution in [-0.2, 0) is 6.42 Å². The summed E-state index contributed by atoms with van der Waals surface area (Å²) in [4.78, 5) is 16.1. The quantitative estimate of drug-likeness (QED) is 0.665. The van der Waals surface area contributed by atoms with Crippen LogP contribution >= 0.6 is 0 Å². The fraction of sp³-hybridized carbons (Fsp3) is 0.318. The van der Waals surface area contributed by atoms with Crippen molar-refractivity contribution in [3.8, 4) is 23.0 Å². The lowest BCUT2D eigenvalue weighted by Crippen LogP contribution is -2.27. The number of hydrogen-bond acceptors (Lipinski definition) is 5. The van der Waals surface area contributed by atoms with E-state index in [0.717, 1.165) is 29.3 Å². The molecule has 7 nitrogen and oxygen atoms in total. The second-order valence-electron chi connectivity index (χ2n) is 6.95. The predicted octanol–water partition coefficient (Wildman–Crippen LogP) is 3.62. The van der Waals surface area contributed by atoms with Crippen molar-refractivity contribution in [2.75, 3.05) is 28.4 Å². The van der Waals surface area contributed by atoms with Gasteiger partial charge in [0.1, 0.15) is 5.69 Å². The Bertz CT molecular complexity index is 1030. The first-order chi connectivity index (χ1) is 14.1. The van der Waals surface area contributed by atoms with Crippen molar-refractivity contribution >= 4 is 16.8 Å². The maximum atomic E-state index is 12.9. The number of fused-ring (bicyclic) bond motifs is 2. The van der Waals surface area contributed by atoms with Gasteiger partial charge in [0.2, 0.25) is 0 Å². The molecular formula is C22H24N2O5. The molecule has 2 aromatic carbocycles. The van der Waals surface area contributed by atoms with E-state index < -0.39 is 0 Å². The summed E-state index contributed by atoms with van der Waals surface area (Å²) in [6.07, 6.45) is 1.71. The lowest BCUT2D eigenvalue weighted by molar-refractivity contribution is 0.0932. The Balaban J connectivity index is 1.60. The third-order valence-electron chi connectivity index (χ3n) is 5.40. The van der Waals surface area contributed by atoms with Crippen LogP contribution in [0.4, 0.5) is 0 Å². The van der Waals surface area contributed by atoms with Crippen LogP contribution in [0, 0.1) is 0 Å². The van der Waals surface area contributed by atoms with E-state index >= 15 is 0 Å². The number of aromatic nitrogens is 1. The maximum Gasteiger partial charge on any atom is 0.268 e. The molecule has 0 saturated carbocycles. The molecule has 29 heavy (non-hydrogen) atoms. The number of benzene rings is 2. The summed E-state index contributed by atoms with van der Waals surface area (Å²) in [7, 11) is 6.41. The molecule has 3 aromatic rings. The Morgan fingerprint density at radius 1 is 0.897 bits per heavy atom. The molecule has 1 amide bonds. The Kier molecular flexibility index (Phi) is 4.96. The van der Waals surface area contributed by atoms with Crippen LogP contribution in [0.5, 0.6) is 23.0 Å². The number of methoxy groups -OCH3 is 4. The van der Waals surface area contributed by atoms with Gasteiger partial charge >= 0.3 is 0 Å². The van der Waals surface area contributed by atoms with Crippen molar-refractivity contribution in [3.05, 3.63) is 47.2 Å². The van der Waals surface area contributed by atoms with E-state index in [2.05, 4.69) is 10.3 Å². The normalized spacial score (nSPS) is 15.1. The van der Waals surface area contributed by atoms with E-state index in [1.807, 2.05) is 30.3 Å². The molecule has 0 saturated heterocycles. The van der Waals surface area contributed by atoms with Crippen LogP contribution in [0.1, 0.15) is 34.1 Å². The van der Waals surface area contributed by atoms with Gasteiger partial charge in [0.25, 0.3) is 5.91 Å². The van der Waals surface area contributed by atoms with Gasteiger partial charge in [-0.15, -0.1) is 0 Å². The van der Waals surface area contributed by atoms with Crippen LogP contribution in [0.25, 0.3) is 10.9 Å². The predicted molar refractivity (Wildman–Crippen MR) is 109 cm³/mol. The summed E-state index contributed by atoms with van der Waals surface area (Å²) in [5, 5.41) is 4.01. The van der Waals surface area contributed by atoms with Crippen LogP contribution in [-0.4, -0.2) is 39.3 Å². The van der Waals surface area contributed by atoms with Crippen LogP contribution in [0.15, 0.2) is 30.3 Å². The average Bonchev–Trinajstić information content (AvgIpc) is 3.34. The summed E-state index contributed by atoms with van der Waals surface area (Å²) in [5.74, 6) is 2.44. The topological polar surface area (TPSA) is 81.8 Å². The minimum Gasteiger partial charge on any atom is -0.493 e. The van der Waals surface area contributed by atoms with E-state index in [4.69, 9.17) is 18.9 Å². The number of carbonyl (C=O) groups excluding carboxylic acids is 1. The van der Waals surface area contributed by atoms with Crippen molar-refractivity contribution < 1.29 is 23.7 Å². The monoisotopic (exact) mass is 396 g/mol. The van der Waals surface area contributed by atoms with Gasteiger partial charge in [0, 0.05) is 17.0 Å². The van der Waals surface area contributed by atoms with Gasteiger partial charge < -0.3 is 29.2 Å². The van der Waals surface area contributed by atoms with E-state index in [0.29, 0.717) is 28.7 Å². The van der Waals surface area contributed by atoms with Crippen LogP contribution in [0.2, 0.25) is 0 Å². The summed E-state index contributed by atoms with van der Waals surface area (Å²) >= 11 is 0. The molecule has 7 heteroatoms. The Morgan fingerprint density at radius 3 is 2.21 bits per heavy atom. The second kappa shape index (κ2) is 7.58. The number of hydrogen-bond donors (Lipinski definition) is 2. The number of rotatable bonds is 6. The van der Waals surface area contributed by atoms with Crippen molar-refractivity contribution in [3.63, 3.8) is 0 Å². The van der Waals surface area contributed by atoms with Crippen molar-refractivity contribution in [2.45, 2.75) is 18.9 Å². The molecule has 152 valence electrons. The van der Waals surface area contributed by atoms with Crippen molar-refractivity contribution in [2.24, 2.45) is 0 Å². The molecule has 0 bridgehead atoms. The summed E-state index contributed by atoms with van der Waals surface area (Å²) in [6.45, 7) is 0. The minimum atomic E-state index is -0.160. The minimum absolute atomic E-state index is 0.0761. The van der Waals surface area contributed by atoms with E-state index in [9.17, 15) is 4.79 Å². The molecule has 0 spiro atoms. The molecule has 1 aliphatic carbocycles. The molecule has 4 rings (SSSR count). The van der Waals surface area contributed by atoms with E-state index in [-0.39, 0.29) is 11.9 Å². The average molecular weight is 396 g/mol. The molecule has 1 aromatic heterocycles. The highest BCUT2D eigenvalue weighted by Gasteiger charge is 2.27. The molecule has 0 unspecified atom stereocenters. The van der Waals surface area contributed by atoms with Gasteiger partial charge in [-0.2, -0.15) is 0 Å². The number of aromatic amines is 1. The van der Waals surface area contributed by atoms with Crippen molar-refractivity contribution in [1.82, 2.24) is 10.3 Å². The number of H-pyrrole nitrogens is 1. The number of amides is 1. The lowest BCUT2D eigenvalue weighted by Gasteiger charge is -2.16. The van der Waals surface area contributed by atoms with E-state index in [1.54, 1.807) is 28.4 Å². The standard InChI is InChI=1S/C22H24N2O5/c1-26-18-8-12-5-6-15(14(12)10-20(18)28-3)24-22(25)17-7-13-9-19(27-2)21(29-4)11-16(13)23-17/h7-11,15,23H,5-6H2,1-4H3,(H,24,25)/t15-/m1/s1. The van der Waals surface area contributed by atoms with Crippen LogP contribution < -0.4 is 24.3 Å². The SMILES string of the molecule is COc1cc2c(cc1OC)[C@H](NC(=O)c1cc3cc(OC)c(OC)cc3[nH]1)CC2. The second-order valence-corrected chi connectivity index (χ2v) is 6.95. The molecule has 0 fully saturated rings. The highest BCUT2D eigenvalue weighted by Crippen LogP contribution is 2.39. The third-order valence-corrected chi connectivity index (χ3v) is 5.40. The summed E-state index contributed by atoms with van der Waals surface area (Å²) < 4.78 is 21.5. The number of carbonyl (C=O) groups is 1. The first-order valence-corrected chi connectivity index (χ1v) is 9.38. The molecule has 1 heterocycles. The van der Waals surface area contributed by atoms with E-state index in [1.165, 1.54) is 5.56 Å². The zero-order valence-electron chi connectivity index (χ0n) is 16.9. The number of ether oxygens (including phenoxy) is 4. The Hall–Kier alpha value is -3.35. The van der Waals surface area contributed by atoms with Gasteiger partial charge in [0.05, 0.1) is 34.5 Å². The maximum absolute atomic E-state index is 12.9. The zero-order chi connectivity index (χ0) is 20.5. The number of nitrogens with one attached hydrogen (secondary N) is 2. The molecule has 0 radical (unpaired) electrons. The van der Waals surface area contributed by atoms with Gasteiger partial charge in [-0.05, 0) is 48.2 Å². The molecule has 1 atom stereocenters. The van der Waals surface area contributed by atoms with Crippen molar-refractivity contribution in [1.29, 1.82) is 0 Å². The Labute approximate surface area is 168 Å². The molecule has 2 N–H and O–H groups in total. The highest BCUT2D eigenvalue weighted by atomic mass is 16.5. The first kappa shape index (κ1) is 19.0. The largest absolute Gasteiger partial charge is 0.493 e. The summed E-state index contributed by atoms with van der Waals surface area (Å²) in [6, 6.07) is 9.36.